The van der Waals surface area contributed by atoms with Crippen LogP contribution in [0.1, 0.15) is 24.0 Å². The first-order valence-electron chi connectivity index (χ1n) is 13.5. The van der Waals surface area contributed by atoms with E-state index in [1.165, 1.54) is 11.8 Å². The Kier molecular flexibility index (Phi) is 7.69. The van der Waals surface area contributed by atoms with Gasteiger partial charge in [0.1, 0.15) is 12.4 Å². The van der Waals surface area contributed by atoms with Gasteiger partial charge in [0.15, 0.2) is 5.17 Å². The Morgan fingerprint density at radius 1 is 0.976 bits per heavy atom. The summed E-state index contributed by atoms with van der Waals surface area (Å²) in [7, 11) is 0. The summed E-state index contributed by atoms with van der Waals surface area (Å²) in [6.07, 6.45) is 5.13. The number of carbonyl (C=O) groups excluding carboxylic acids is 2. The number of hydrogen-bond acceptors (Lipinski definition) is 6. The van der Waals surface area contributed by atoms with Crippen LogP contribution in [0.3, 0.4) is 0 Å². The Morgan fingerprint density at radius 2 is 1.66 bits per heavy atom. The third-order valence-electron chi connectivity index (χ3n) is 7.20. The number of carbonyl (C=O) groups is 2. The van der Waals surface area contributed by atoms with Crippen LogP contribution in [0.4, 0.5) is 0 Å². The molecule has 1 saturated heterocycles. The normalized spacial score (nSPS) is 16.7. The topological polar surface area (TPSA) is 103 Å². The Hall–Kier alpha value is -4.63. The molecule has 0 radical (unpaired) electrons. The Labute approximate surface area is 242 Å². The third kappa shape index (κ3) is 6.10. The second kappa shape index (κ2) is 11.9. The minimum absolute atomic E-state index is 0.120. The van der Waals surface area contributed by atoms with Crippen LogP contribution in [0.2, 0.25) is 0 Å². The Balaban J connectivity index is 1.24. The second-order valence-electron chi connectivity index (χ2n) is 9.99. The molecule has 3 aromatic carbocycles. The summed E-state index contributed by atoms with van der Waals surface area (Å²) in [4.78, 5) is 31.4. The van der Waals surface area contributed by atoms with Crippen LogP contribution in [-0.2, 0) is 16.2 Å². The SMILES string of the molecule is NC(=O)C1CCN(C2=NC(=O)C(=Cc3cn(-c4ccccc4)nc3-c3ccc(OCc4ccccc4)cc3)S2)CC1. The molecule has 2 aliphatic rings. The number of amides is 2. The fourth-order valence-electron chi connectivity index (χ4n) is 4.91. The van der Waals surface area contributed by atoms with Crippen molar-refractivity contribution >= 4 is 34.8 Å². The van der Waals surface area contributed by atoms with Crippen molar-refractivity contribution in [2.45, 2.75) is 19.4 Å². The minimum Gasteiger partial charge on any atom is -0.489 e. The van der Waals surface area contributed by atoms with Gasteiger partial charge in [-0.05, 0) is 72.6 Å². The van der Waals surface area contributed by atoms with E-state index >= 15 is 0 Å². The predicted octanol–water partition coefficient (Wildman–Crippen LogP) is 5.29. The predicted molar refractivity (Wildman–Crippen MR) is 161 cm³/mol. The first-order valence-corrected chi connectivity index (χ1v) is 14.3. The lowest BCUT2D eigenvalue weighted by atomic mass is 9.97. The van der Waals surface area contributed by atoms with E-state index in [-0.39, 0.29) is 17.7 Å². The van der Waals surface area contributed by atoms with Gasteiger partial charge < -0.3 is 15.4 Å². The van der Waals surface area contributed by atoms with Gasteiger partial charge in [0.05, 0.1) is 16.3 Å². The number of primary amides is 1. The number of para-hydroxylation sites is 1. The van der Waals surface area contributed by atoms with Crippen LogP contribution in [0.5, 0.6) is 5.75 Å². The monoisotopic (exact) mass is 563 g/mol. The Morgan fingerprint density at radius 3 is 2.34 bits per heavy atom. The number of likely N-dealkylation sites (tertiary alicyclic amines) is 1. The van der Waals surface area contributed by atoms with Gasteiger partial charge in [-0.2, -0.15) is 10.1 Å². The fourth-order valence-corrected chi connectivity index (χ4v) is 5.87. The van der Waals surface area contributed by atoms with Gasteiger partial charge in [0.2, 0.25) is 5.91 Å². The maximum absolute atomic E-state index is 12.9. The number of amidine groups is 1. The van der Waals surface area contributed by atoms with E-state index in [1.807, 2.05) is 102 Å². The van der Waals surface area contributed by atoms with E-state index in [0.717, 1.165) is 33.8 Å². The molecule has 2 amide bonds. The lowest BCUT2D eigenvalue weighted by molar-refractivity contribution is -0.123. The number of rotatable bonds is 7. The number of benzene rings is 3. The van der Waals surface area contributed by atoms with Crippen molar-refractivity contribution in [3.8, 4) is 22.7 Å². The third-order valence-corrected chi connectivity index (χ3v) is 8.25. The summed E-state index contributed by atoms with van der Waals surface area (Å²) < 4.78 is 7.79. The molecule has 3 heterocycles. The molecule has 0 aliphatic carbocycles. The van der Waals surface area contributed by atoms with E-state index in [2.05, 4.69) is 9.89 Å². The van der Waals surface area contributed by atoms with Crippen molar-refractivity contribution in [1.29, 1.82) is 0 Å². The lowest BCUT2D eigenvalue weighted by Crippen LogP contribution is -2.40. The number of ether oxygens (including phenoxy) is 1. The second-order valence-corrected chi connectivity index (χ2v) is 11.0. The molecule has 0 unspecified atom stereocenters. The summed E-state index contributed by atoms with van der Waals surface area (Å²) in [6, 6.07) is 27.7. The molecule has 41 heavy (non-hydrogen) atoms. The average molecular weight is 564 g/mol. The summed E-state index contributed by atoms with van der Waals surface area (Å²) >= 11 is 1.36. The van der Waals surface area contributed by atoms with Gasteiger partial charge in [-0.25, -0.2) is 4.68 Å². The quantitative estimate of drug-likeness (QED) is 0.307. The molecule has 0 saturated carbocycles. The maximum atomic E-state index is 12.9. The highest BCUT2D eigenvalue weighted by molar-refractivity contribution is 8.18. The van der Waals surface area contributed by atoms with Crippen LogP contribution in [0.15, 0.2) is 101 Å². The number of nitrogens with zero attached hydrogens (tertiary/aromatic N) is 4. The number of piperidine rings is 1. The zero-order valence-electron chi connectivity index (χ0n) is 22.3. The highest BCUT2D eigenvalue weighted by Gasteiger charge is 2.31. The van der Waals surface area contributed by atoms with Gasteiger partial charge in [-0.3, -0.25) is 9.59 Å². The molecule has 0 bridgehead atoms. The maximum Gasteiger partial charge on any atom is 0.286 e. The number of aromatic nitrogens is 2. The van der Waals surface area contributed by atoms with Gasteiger partial charge in [-0.1, -0.05) is 48.5 Å². The molecule has 8 nitrogen and oxygen atoms in total. The van der Waals surface area contributed by atoms with E-state index in [0.29, 0.717) is 42.6 Å². The number of hydrogen-bond donors (Lipinski definition) is 1. The molecular weight excluding hydrogens is 534 g/mol. The van der Waals surface area contributed by atoms with Crippen LogP contribution < -0.4 is 10.5 Å². The van der Waals surface area contributed by atoms with Crippen molar-refractivity contribution in [2.24, 2.45) is 16.6 Å². The molecule has 4 aromatic rings. The number of thioether (sulfide) groups is 1. The average Bonchev–Trinajstić information content (AvgIpc) is 3.61. The molecule has 206 valence electrons. The largest absolute Gasteiger partial charge is 0.489 e. The van der Waals surface area contributed by atoms with Gasteiger partial charge in [0, 0.05) is 36.3 Å². The van der Waals surface area contributed by atoms with Gasteiger partial charge in [-0.15, -0.1) is 0 Å². The first-order chi connectivity index (χ1) is 20.0. The minimum atomic E-state index is -0.273. The summed E-state index contributed by atoms with van der Waals surface area (Å²) in [5.74, 6) is 0.108. The molecule has 1 fully saturated rings. The summed E-state index contributed by atoms with van der Waals surface area (Å²) in [6.45, 7) is 1.79. The van der Waals surface area contributed by atoms with E-state index < -0.39 is 0 Å². The molecule has 2 aliphatic heterocycles. The molecule has 0 spiro atoms. The van der Waals surface area contributed by atoms with Crippen molar-refractivity contribution in [3.05, 3.63) is 107 Å². The molecule has 2 N–H and O–H groups in total. The molecule has 1 aromatic heterocycles. The molecule has 9 heteroatoms. The van der Waals surface area contributed by atoms with Crippen molar-refractivity contribution < 1.29 is 14.3 Å². The summed E-state index contributed by atoms with van der Waals surface area (Å²) in [5, 5.41) is 5.56. The van der Waals surface area contributed by atoms with Crippen LogP contribution in [-0.4, -0.2) is 44.8 Å². The molecule has 0 atom stereocenters. The zero-order valence-corrected chi connectivity index (χ0v) is 23.2. The van der Waals surface area contributed by atoms with E-state index in [4.69, 9.17) is 15.6 Å². The number of aliphatic imine (C=N–C) groups is 1. The number of nitrogens with two attached hydrogens (primary N) is 1. The van der Waals surface area contributed by atoms with Crippen LogP contribution in [0, 0.1) is 5.92 Å². The fraction of sp³-hybridized carbons (Fsp3) is 0.188. The Bertz CT molecular complexity index is 1610. The van der Waals surface area contributed by atoms with Crippen LogP contribution >= 0.6 is 11.8 Å². The molecule has 6 rings (SSSR count). The summed E-state index contributed by atoms with van der Waals surface area (Å²) in [5.41, 5.74) is 9.97. The standard InChI is InChI=1S/C32H29N5O3S/c33-30(38)24-15-17-36(18-16-24)32-34-31(39)28(41-32)19-25-20-37(26-9-5-2-6-10-26)35-29(25)23-11-13-27(14-12-23)40-21-22-7-3-1-4-8-22/h1-14,19-20,24H,15-18,21H2,(H2,33,38). The zero-order chi connectivity index (χ0) is 28.2. The van der Waals surface area contributed by atoms with Crippen molar-refractivity contribution in [2.75, 3.05) is 13.1 Å². The first kappa shape index (κ1) is 26.6. The lowest BCUT2D eigenvalue weighted by Gasteiger charge is -2.31. The van der Waals surface area contributed by atoms with Crippen LogP contribution in [0.25, 0.3) is 23.0 Å². The van der Waals surface area contributed by atoms with E-state index in [1.54, 1.807) is 0 Å². The van der Waals surface area contributed by atoms with Crippen molar-refractivity contribution in [1.82, 2.24) is 14.7 Å². The highest BCUT2D eigenvalue weighted by Crippen LogP contribution is 2.35. The van der Waals surface area contributed by atoms with E-state index in [9.17, 15) is 9.59 Å². The highest BCUT2D eigenvalue weighted by atomic mass is 32.2. The molecular formula is C32H29N5O3S. The van der Waals surface area contributed by atoms with Gasteiger partial charge >= 0.3 is 0 Å². The van der Waals surface area contributed by atoms with Crippen molar-refractivity contribution in [3.63, 3.8) is 0 Å². The smallest absolute Gasteiger partial charge is 0.286 e. The van der Waals surface area contributed by atoms with Gasteiger partial charge in [0.25, 0.3) is 5.91 Å².